The standard InChI is InChI=1S/C13H18N2S/c1-4-9(2)8-16-13-14-11-6-5-10(3)7-12(11)15-13/h5-7,9H,4,8H2,1-3H3,(H,14,15)/p+1. The van der Waals surface area contributed by atoms with Crippen LogP contribution in [-0.2, 0) is 0 Å². The van der Waals surface area contributed by atoms with E-state index in [1.165, 1.54) is 33.9 Å². The topological polar surface area (TPSA) is 29.9 Å². The molecule has 0 spiro atoms. The number of rotatable bonds is 4. The number of hydrogen-bond donors (Lipinski definition) is 1. The lowest BCUT2D eigenvalue weighted by atomic mass is 10.2. The van der Waals surface area contributed by atoms with E-state index in [0.29, 0.717) is 0 Å². The van der Waals surface area contributed by atoms with Gasteiger partial charge in [0, 0.05) is 5.75 Å². The van der Waals surface area contributed by atoms with Gasteiger partial charge in [-0.2, -0.15) is 0 Å². The summed E-state index contributed by atoms with van der Waals surface area (Å²) in [6.07, 6.45) is 1.24. The average Bonchev–Trinajstić information content (AvgIpc) is 2.67. The van der Waals surface area contributed by atoms with Crippen LogP contribution in [0.1, 0.15) is 25.8 Å². The van der Waals surface area contributed by atoms with Crippen LogP contribution in [0.3, 0.4) is 0 Å². The van der Waals surface area contributed by atoms with E-state index in [1.807, 2.05) is 11.8 Å². The molecule has 2 N–H and O–H groups in total. The van der Waals surface area contributed by atoms with Crippen molar-refractivity contribution in [3.63, 3.8) is 0 Å². The normalized spacial score (nSPS) is 13.2. The molecule has 3 heteroatoms. The lowest BCUT2D eigenvalue weighted by Gasteiger charge is -2.02. The third kappa shape index (κ3) is 2.59. The number of fused-ring (bicyclic) bond motifs is 1. The summed E-state index contributed by atoms with van der Waals surface area (Å²) in [6.45, 7) is 6.65. The highest BCUT2D eigenvalue weighted by atomic mass is 32.2. The molecule has 0 aliphatic heterocycles. The van der Waals surface area contributed by atoms with E-state index in [1.54, 1.807) is 0 Å². The number of thioether (sulfide) groups is 1. The number of imidazole rings is 1. The number of aromatic nitrogens is 2. The average molecular weight is 235 g/mol. The van der Waals surface area contributed by atoms with E-state index in [-0.39, 0.29) is 0 Å². The van der Waals surface area contributed by atoms with Crippen molar-refractivity contribution in [2.75, 3.05) is 5.75 Å². The monoisotopic (exact) mass is 235 g/mol. The van der Waals surface area contributed by atoms with Crippen molar-refractivity contribution in [2.45, 2.75) is 32.3 Å². The Morgan fingerprint density at radius 1 is 1.44 bits per heavy atom. The second-order valence-electron chi connectivity index (χ2n) is 4.45. The van der Waals surface area contributed by atoms with Gasteiger partial charge in [-0.3, -0.25) is 0 Å². The van der Waals surface area contributed by atoms with Crippen molar-refractivity contribution in [3.8, 4) is 0 Å². The Morgan fingerprint density at radius 3 is 3.00 bits per heavy atom. The maximum absolute atomic E-state index is 3.42. The Hall–Kier alpha value is -0.960. The SMILES string of the molecule is CCC(C)CSc1[nH]c2cc(C)ccc2[nH+]1. The molecule has 0 aliphatic rings. The van der Waals surface area contributed by atoms with E-state index < -0.39 is 0 Å². The number of H-pyrrole nitrogens is 2. The van der Waals surface area contributed by atoms with Gasteiger partial charge < -0.3 is 0 Å². The molecule has 0 aliphatic carbocycles. The number of aryl methyl sites for hydroxylation is 1. The first kappa shape index (κ1) is 11.5. The molecule has 0 amide bonds. The van der Waals surface area contributed by atoms with Crippen LogP contribution in [0.5, 0.6) is 0 Å². The van der Waals surface area contributed by atoms with E-state index in [2.05, 4.69) is 48.9 Å². The number of aromatic amines is 2. The fraction of sp³-hybridized carbons (Fsp3) is 0.462. The van der Waals surface area contributed by atoms with Gasteiger partial charge >= 0.3 is 5.16 Å². The minimum absolute atomic E-state index is 0.770. The predicted molar refractivity (Wildman–Crippen MR) is 69.8 cm³/mol. The van der Waals surface area contributed by atoms with Crippen molar-refractivity contribution in [1.29, 1.82) is 0 Å². The zero-order valence-corrected chi connectivity index (χ0v) is 10.9. The molecule has 2 rings (SSSR count). The van der Waals surface area contributed by atoms with Crippen LogP contribution in [0, 0.1) is 12.8 Å². The minimum Gasteiger partial charge on any atom is -0.231 e. The van der Waals surface area contributed by atoms with Crippen LogP contribution < -0.4 is 4.98 Å². The molecule has 1 aromatic heterocycles. The first-order valence-electron chi connectivity index (χ1n) is 5.83. The summed E-state index contributed by atoms with van der Waals surface area (Å²) < 4.78 is 0. The molecule has 2 aromatic rings. The fourth-order valence-electron chi connectivity index (χ4n) is 1.56. The van der Waals surface area contributed by atoms with Crippen LogP contribution in [-0.4, -0.2) is 10.7 Å². The molecule has 0 radical (unpaired) electrons. The van der Waals surface area contributed by atoms with Gasteiger partial charge in [0.1, 0.15) is 0 Å². The quantitative estimate of drug-likeness (QED) is 0.808. The highest BCUT2D eigenvalue weighted by Gasteiger charge is 2.11. The van der Waals surface area contributed by atoms with Crippen LogP contribution in [0.15, 0.2) is 23.4 Å². The van der Waals surface area contributed by atoms with Gasteiger partial charge in [-0.15, -0.1) is 0 Å². The summed E-state index contributed by atoms with van der Waals surface area (Å²) in [7, 11) is 0. The van der Waals surface area contributed by atoms with E-state index in [0.717, 1.165) is 5.92 Å². The van der Waals surface area contributed by atoms with Gasteiger partial charge in [-0.25, -0.2) is 9.97 Å². The second kappa shape index (κ2) is 4.91. The number of nitrogens with one attached hydrogen (secondary N) is 2. The Labute approximate surface area is 101 Å². The predicted octanol–water partition coefficient (Wildman–Crippen LogP) is 3.43. The fourth-order valence-corrected chi connectivity index (χ4v) is 2.61. The molecule has 0 saturated heterocycles. The second-order valence-corrected chi connectivity index (χ2v) is 5.48. The van der Waals surface area contributed by atoms with Crippen molar-refractivity contribution in [2.24, 2.45) is 5.92 Å². The molecule has 1 unspecified atom stereocenters. The van der Waals surface area contributed by atoms with E-state index in [4.69, 9.17) is 0 Å². The van der Waals surface area contributed by atoms with Gasteiger partial charge in [0.2, 0.25) is 0 Å². The summed E-state index contributed by atoms with van der Waals surface area (Å²) in [5, 5.41) is 1.17. The molecule has 16 heavy (non-hydrogen) atoms. The molecule has 1 heterocycles. The summed E-state index contributed by atoms with van der Waals surface area (Å²) >= 11 is 1.87. The molecular formula is C13H19N2S+. The molecule has 86 valence electrons. The summed E-state index contributed by atoms with van der Waals surface area (Å²) in [6, 6.07) is 6.45. The largest absolute Gasteiger partial charge is 0.314 e. The van der Waals surface area contributed by atoms with Crippen LogP contribution in [0.4, 0.5) is 0 Å². The van der Waals surface area contributed by atoms with E-state index >= 15 is 0 Å². The summed E-state index contributed by atoms with van der Waals surface area (Å²) in [5.41, 5.74) is 3.69. The zero-order chi connectivity index (χ0) is 11.5. The Morgan fingerprint density at radius 2 is 2.25 bits per heavy atom. The lowest BCUT2D eigenvalue weighted by molar-refractivity contribution is -0.396. The van der Waals surface area contributed by atoms with Crippen LogP contribution in [0.25, 0.3) is 11.0 Å². The van der Waals surface area contributed by atoms with Gasteiger partial charge in [0.15, 0.2) is 11.0 Å². The van der Waals surface area contributed by atoms with Crippen LogP contribution in [0.2, 0.25) is 0 Å². The molecule has 1 aromatic carbocycles. The molecular weight excluding hydrogens is 216 g/mol. The van der Waals surface area contributed by atoms with Gasteiger partial charge in [0.05, 0.1) is 0 Å². The van der Waals surface area contributed by atoms with Crippen molar-refractivity contribution >= 4 is 22.8 Å². The molecule has 0 fully saturated rings. The van der Waals surface area contributed by atoms with Gasteiger partial charge in [-0.05, 0) is 42.3 Å². The lowest BCUT2D eigenvalue weighted by Crippen LogP contribution is -2.04. The Kier molecular flexibility index (Phi) is 3.54. The zero-order valence-electron chi connectivity index (χ0n) is 10.1. The van der Waals surface area contributed by atoms with Gasteiger partial charge in [0.25, 0.3) is 0 Å². The number of benzene rings is 1. The highest BCUT2D eigenvalue weighted by molar-refractivity contribution is 7.99. The summed E-state index contributed by atoms with van der Waals surface area (Å²) in [4.78, 5) is 6.83. The maximum Gasteiger partial charge on any atom is 0.314 e. The Balaban J connectivity index is 2.13. The van der Waals surface area contributed by atoms with Crippen LogP contribution >= 0.6 is 11.8 Å². The highest BCUT2D eigenvalue weighted by Crippen LogP contribution is 2.19. The van der Waals surface area contributed by atoms with Gasteiger partial charge in [-0.1, -0.05) is 26.3 Å². The van der Waals surface area contributed by atoms with Crippen molar-refractivity contribution in [1.82, 2.24) is 4.98 Å². The third-order valence-corrected chi connectivity index (χ3v) is 4.11. The molecule has 0 saturated carbocycles. The minimum atomic E-state index is 0.770. The van der Waals surface area contributed by atoms with Crippen molar-refractivity contribution in [3.05, 3.63) is 23.8 Å². The Bertz CT molecular complexity index is 476. The molecule has 2 nitrogen and oxygen atoms in total. The number of hydrogen-bond acceptors (Lipinski definition) is 1. The first-order chi connectivity index (χ1) is 7.69. The summed E-state index contributed by atoms with van der Waals surface area (Å²) in [5.74, 6) is 1.94. The third-order valence-electron chi connectivity index (χ3n) is 2.88. The first-order valence-corrected chi connectivity index (χ1v) is 6.82. The smallest absolute Gasteiger partial charge is 0.231 e. The molecule has 1 atom stereocenters. The molecule has 0 bridgehead atoms. The van der Waals surface area contributed by atoms with Crippen molar-refractivity contribution < 1.29 is 4.98 Å². The maximum atomic E-state index is 3.42. The van der Waals surface area contributed by atoms with E-state index in [9.17, 15) is 0 Å².